The zero-order valence-corrected chi connectivity index (χ0v) is 13.2. The molecule has 5 heteroatoms. The van der Waals surface area contributed by atoms with E-state index in [4.69, 9.17) is 9.47 Å². The third-order valence-corrected chi connectivity index (χ3v) is 4.85. The lowest BCUT2D eigenvalue weighted by molar-refractivity contribution is -0.149. The molecule has 1 atom stereocenters. The molecule has 3 heterocycles. The standard InChI is InChI=1S/C18H22N2O3/c21-17(11-13-12-19-15-6-2-1-5-14(13)15)20-8-4-3-7-16(20)18-22-9-10-23-18/h1-2,5-6,12,16,18-19H,3-4,7-11H2/t16-/m0/s1. The molecule has 4 rings (SSSR count). The highest BCUT2D eigenvalue weighted by molar-refractivity contribution is 5.89. The first-order valence-corrected chi connectivity index (χ1v) is 8.40. The molecule has 2 aromatic rings. The van der Waals surface area contributed by atoms with Crippen LogP contribution in [0, 0.1) is 0 Å². The lowest BCUT2D eigenvalue weighted by Gasteiger charge is -2.38. The molecule has 0 bridgehead atoms. The first-order valence-electron chi connectivity index (χ1n) is 8.40. The summed E-state index contributed by atoms with van der Waals surface area (Å²) in [7, 11) is 0. The van der Waals surface area contributed by atoms with E-state index < -0.39 is 0 Å². The zero-order valence-electron chi connectivity index (χ0n) is 13.2. The fraction of sp³-hybridized carbons (Fsp3) is 0.500. The molecule has 2 aliphatic rings. The smallest absolute Gasteiger partial charge is 0.227 e. The summed E-state index contributed by atoms with van der Waals surface area (Å²) in [6.45, 7) is 2.06. The first-order chi connectivity index (χ1) is 11.3. The number of piperidine rings is 1. The van der Waals surface area contributed by atoms with Crippen LogP contribution < -0.4 is 0 Å². The number of hydrogen-bond donors (Lipinski definition) is 1. The topological polar surface area (TPSA) is 54.6 Å². The first kappa shape index (κ1) is 14.7. The highest BCUT2D eigenvalue weighted by Crippen LogP contribution is 2.26. The Morgan fingerprint density at radius 3 is 2.91 bits per heavy atom. The number of likely N-dealkylation sites (tertiary alicyclic amines) is 1. The summed E-state index contributed by atoms with van der Waals surface area (Å²) in [6, 6.07) is 8.16. The number of H-pyrrole nitrogens is 1. The molecule has 0 aliphatic carbocycles. The largest absolute Gasteiger partial charge is 0.361 e. The summed E-state index contributed by atoms with van der Waals surface area (Å²) in [6.07, 6.45) is 5.28. The van der Waals surface area contributed by atoms with Crippen LogP contribution in [0.2, 0.25) is 0 Å². The van der Waals surface area contributed by atoms with Gasteiger partial charge in [0.25, 0.3) is 0 Å². The van der Waals surface area contributed by atoms with E-state index in [0.717, 1.165) is 42.3 Å². The molecule has 1 N–H and O–H groups in total. The van der Waals surface area contributed by atoms with Gasteiger partial charge in [-0.05, 0) is 30.9 Å². The van der Waals surface area contributed by atoms with Crippen LogP contribution in [-0.4, -0.2) is 47.9 Å². The Balaban J connectivity index is 1.52. The summed E-state index contributed by atoms with van der Waals surface area (Å²) in [5.41, 5.74) is 2.14. The number of aromatic amines is 1. The maximum absolute atomic E-state index is 12.9. The molecular formula is C18H22N2O3. The van der Waals surface area contributed by atoms with Gasteiger partial charge in [0, 0.05) is 23.6 Å². The molecule has 122 valence electrons. The minimum absolute atomic E-state index is 0.0592. The molecule has 0 radical (unpaired) electrons. The van der Waals surface area contributed by atoms with Crippen molar-refractivity contribution in [1.82, 2.24) is 9.88 Å². The SMILES string of the molecule is O=C(Cc1c[nH]c2ccccc12)N1CCCC[C@H]1C1OCCO1. The van der Waals surface area contributed by atoms with E-state index in [9.17, 15) is 4.79 Å². The number of nitrogens with zero attached hydrogens (tertiary/aromatic N) is 1. The molecule has 2 saturated heterocycles. The Labute approximate surface area is 135 Å². The maximum atomic E-state index is 12.9. The number of benzene rings is 1. The highest BCUT2D eigenvalue weighted by Gasteiger charge is 2.36. The summed E-state index contributed by atoms with van der Waals surface area (Å²) in [5, 5.41) is 1.13. The van der Waals surface area contributed by atoms with E-state index in [1.165, 1.54) is 0 Å². The van der Waals surface area contributed by atoms with Gasteiger partial charge in [-0.3, -0.25) is 4.79 Å². The van der Waals surface area contributed by atoms with Crippen LogP contribution in [0.15, 0.2) is 30.5 Å². The third-order valence-electron chi connectivity index (χ3n) is 4.85. The number of amides is 1. The summed E-state index contributed by atoms with van der Waals surface area (Å²) in [5.74, 6) is 0.165. The van der Waals surface area contributed by atoms with Crippen molar-refractivity contribution in [2.24, 2.45) is 0 Å². The Kier molecular flexibility index (Phi) is 4.06. The van der Waals surface area contributed by atoms with E-state index in [1.54, 1.807) is 0 Å². The van der Waals surface area contributed by atoms with Crippen molar-refractivity contribution >= 4 is 16.8 Å². The molecule has 0 saturated carbocycles. The lowest BCUT2D eigenvalue weighted by Crippen LogP contribution is -2.50. The van der Waals surface area contributed by atoms with Gasteiger partial charge in [0.2, 0.25) is 5.91 Å². The van der Waals surface area contributed by atoms with Crippen molar-refractivity contribution in [1.29, 1.82) is 0 Å². The average molecular weight is 314 g/mol. The van der Waals surface area contributed by atoms with Crippen LogP contribution in [0.1, 0.15) is 24.8 Å². The monoisotopic (exact) mass is 314 g/mol. The van der Waals surface area contributed by atoms with E-state index >= 15 is 0 Å². The second-order valence-corrected chi connectivity index (χ2v) is 6.30. The number of rotatable bonds is 3. The molecule has 1 aromatic carbocycles. The minimum Gasteiger partial charge on any atom is -0.361 e. The van der Waals surface area contributed by atoms with Gasteiger partial charge < -0.3 is 19.4 Å². The molecule has 0 spiro atoms. The lowest BCUT2D eigenvalue weighted by atomic mass is 10.00. The fourth-order valence-electron chi connectivity index (χ4n) is 3.69. The van der Waals surface area contributed by atoms with Crippen molar-refractivity contribution in [3.05, 3.63) is 36.0 Å². The van der Waals surface area contributed by atoms with Gasteiger partial charge >= 0.3 is 0 Å². The Morgan fingerprint density at radius 1 is 1.22 bits per heavy atom. The molecule has 2 aliphatic heterocycles. The normalized spacial score (nSPS) is 22.8. The van der Waals surface area contributed by atoms with Crippen LogP contribution in [0.25, 0.3) is 10.9 Å². The van der Waals surface area contributed by atoms with Gasteiger partial charge in [-0.25, -0.2) is 0 Å². The number of carbonyl (C=O) groups excluding carboxylic acids is 1. The second-order valence-electron chi connectivity index (χ2n) is 6.30. The average Bonchev–Trinajstić information content (AvgIpc) is 3.25. The number of hydrogen-bond acceptors (Lipinski definition) is 3. The molecule has 23 heavy (non-hydrogen) atoms. The Hall–Kier alpha value is -1.85. The third kappa shape index (κ3) is 2.86. The van der Waals surface area contributed by atoms with E-state index in [1.807, 2.05) is 29.3 Å². The van der Waals surface area contributed by atoms with Crippen LogP contribution in [0.5, 0.6) is 0 Å². The molecule has 0 unspecified atom stereocenters. The number of ether oxygens (including phenoxy) is 2. The quantitative estimate of drug-likeness (QED) is 0.947. The van der Waals surface area contributed by atoms with E-state index in [2.05, 4.69) is 11.1 Å². The zero-order chi connectivity index (χ0) is 15.6. The number of nitrogens with one attached hydrogen (secondary N) is 1. The van der Waals surface area contributed by atoms with Crippen molar-refractivity contribution in [3.8, 4) is 0 Å². The fourth-order valence-corrected chi connectivity index (χ4v) is 3.69. The number of aromatic nitrogens is 1. The van der Waals surface area contributed by atoms with E-state index in [0.29, 0.717) is 19.6 Å². The van der Waals surface area contributed by atoms with Gasteiger partial charge in [-0.1, -0.05) is 18.2 Å². The highest BCUT2D eigenvalue weighted by atomic mass is 16.7. The summed E-state index contributed by atoms with van der Waals surface area (Å²) < 4.78 is 11.3. The van der Waals surface area contributed by atoms with Crippen molar-refractivity contribution in [2.75, 3.05) is 19.8 Å². The van der Waals surface area contributed by atoms with Crippen LogP contribution in [-0.2, 0) is 20.7 Å². The molecule has 1 amide bonds. The summed E-state index contributed by atoms with van der Waals surface area (Å²) >= 11 is 0. The predicted octanol–water partition coefficient (Wildman–Crippen LogP) is 2.46. The number of fused-ring (bicyclic) bond motifs is 1. The van der Waals surface area contributed by atoms with Gasteiger partial charge in [0.05, 0.1) is 25.7 Å². The Bertz CT molecular complexity index is 690. The molecule has 2 fully saturated rings. The summed E-state index contributed by atoms with van der Waals surface area (Å²) in [4.78, 5) is 18.1. The number of carbonyl (C=O) groups is 1. The van der Waals surface area contributed by atoms with Crippen LogP contribution >= 0.6 is 0 Å². The second kappa shape index (κ2) is 6.34. The van der Waals surface area contributed by atoms with Gasteiger partial charge in [0.1, 0.15) is 0 Å². The van der Waals surface area contributed by atoms with Gasteiger partial charge in [0.15, 0.2) is 6.29 Å². The van der Waals surface area contributed by atoms with E-state index in [-0.39, 0.29) is 18.2 Å². The number of para-hydroxylation sites is 1. The predicted molar refractivity (Wildman–Crippen MR) is 87.0 cm³/mol. The van der Waals surface area contributed by atoms with Gasteiger partial charge in [-0.15, -0.1) is 0 Å². The van der Waals surface area contributed by atoms with Crippen LogP contribution in [0.4, 0.5) is 0 Å². The van der Waals surface area contributed by atoms with Crippen LogP contribution in [0.3, 0.4) is 0 Å². The van der Waals surface area contributed by atoms with Crippen molar-refractivity contribution in [3.63, 3.8) is 0 Å². The van der Waals surface area contributed by atoms with Crippen molar-refractivity contribution < 1.29 is 14.3 Å². The molecule has 5 nitrogen and oxygen atoms in total. The Morgan fingerprint density at radius 2 is 2.04 bits per heavy atom. The maximum Gasteiger partial charge on any atom is 0.227 e. The minimum atomic E-state index is -0.248. The molecule has 1 aromatic heterocycles. The molecular weight excluding hydrogens is 292 g/mol. The van der Waals surface area contributed by atoms with Crippen molar-refractivity contribution in [2.45, 2.75) is 38.0 Å². The van der Waals surface area contributed by atoms with Gasteiger partial charge in [-0.2, -0.15) is 0 Å².